The predicted molar refractivity (Wildman–Crippen MR) is 62.6 cm³/mol. The largest absolute Gasteiger partial charge is 0.478 e. The summed E-state index contributed by atoms with van der Waals surface area (Å²) in [6, 6.07) is 0.00481. The van der Waals surface area contributed by atoms with Gasteiger partial charge in [-0.2, -0.15) is 5.10 Å². The molecule has 2 aliphatic rings. The Morgan fingerprint density at radius 3 is 3.11 bits per heavy atom. The first kappa shape index (κ1) is 11.3. The van der Waals surface area contributed by atoms with E-state index in [2.05, 4.69) is 11.1 Å². The maximum Gasteiger partial charge on any atom is 0.339 e. The van der Waals surface area contributed by atoms with Crippen molar-refractivity contribution in [1.29, 1.82) is 5.26 Å². The molecule has 0 aromatic carbocycles. The summed E-state index contributed by atoms with van der Waals surface area (Å²) < 4.78 is 7.20. The Kier molecular flexibility index (Phi) is 2.42. The summed E-state index contributed by atoms with van der Waals surface area (Å²) in [5, 5.41) is 22.8. The summed E-state index contributed by atoms with van der Waals surface area (Å²) >= 11 is 0. The van der Waals surface area contributed by atoms with Gasteiger partial charge >= 0.3 is 5.97 Å². The average Bonchev–Trinajstić information content (AvgIpc) is 2.90. The molecule has 1 saturated heterocycles. The van der Waals surface area contributed by atoms with Crippen molar-refractivity contribution in [2.45, 2.75) is 25.1 Å². The van der Waals surface area contributed by atoms with Crippen molar-refractivity contribution in [2.75, 3.05) is 13.2 Å². The highest BCUT2D eigenvalue weighted by atomic mass is 16.5. The SMILES string of the molecule is Cc1nn2c(c1C(=O)O)CB(C#N)C1COCC12. The van der Waals surface area contributed by atoms with E-state index in [-0.39, 0.29) is 24.1 Å². The fourth-order valence-corrected chi connectivity index (χ4v) is 3.04. The van der Waals surface area contributed by atoms with Gasteiger partial charge in [0.1, 0.15) is 5.56 Å². The third-order valence-electron chi connectivity index (χ3n) is 3.90. The first-order valence-electron chi connectivity index (χ1n) is 5.92. The van der Waals surface area contributed by atoms with Crippen molar-refractivity contribution in [2.24, 2.45) is 0 Å². The number of aryl methyl sites for hydroxylation is 1. The summed E-state index contributed by atoms with van der Waals surface area (Å²) in [5.74, 6) is 1.44. The predicted octanol–water partition coefficient (Wildman–Crippen LogP) is 0.484. The standard InChI is InChI=1S/C11H12BN3O3/c1-6-10(11(16)17)8-2-12(5-13)7-3-18-4-9(7)15(8)14-6/h7,9H,2-4H2,1H3,(H,16,17). The Balaban J connectivity index is 2.15. The number of carboxylic acids is 1. The average molecular weight is 245 g/mol. The van der Waals surface area contributed by atoms with E-state index in [9.17, 15) is 15.2 Å². The molecule has 0 saturated carbocycles. The van der Waals surface area contributed by atoms with Gasteiger partial charge in [-0.15, -0.1) is 0 Å². The first-order valence-corrected chi connectivity index (χ1v) is 5.92. The first-order chi connectivity index (χ1) is 8.63. The Morgan fingerprint density at radius 2 is 2.44 bits per heavy atom. The quantitative estimate of drug-likeness (QED) is 0.727. The molecule has 92 valence electrons. The molecule has 0 amide bonds. The van der Waals surface area contributed by atoms with Gasteiger partial charge in [0.05, 0.1) is 18.3 Å². The van der Waals surface area contributed by atoms with Crippen LogP contribution in [0.4, 0.5) is 0 Å². The summed E-state index contributed by atoms with van der Waals surface area (Å²) in [7, 11) is 0. The summed E-state index contributed by atoms with van der Waals surface area (Å²) in [4.78, 5) is 11.3. The number of rotatable bonds is 1. The molecule has 1 aromatic rings. The zero-order valence-electron chi connectivity index (χ0n) is 9.96. The van der Waals surface area contributed by atoms with Crippen LogP contribution in [0.15, 0.2) is 0 Å². The van der Waals surface area contributed by atoms with E-state index in [1.165, 1.54) is 0 Å². The van der Waals surface area contributed by atoms with Crippen LogP contribution in [0, 0.1) is 18.2 Å². The van der Waals surface area contributed by atoms with Gasteiger partial charge in [-0.1, -0.05) is 0 Å². The van der Waals surface area contributed by atoms with Crippen molar-refractivity contribution >= 4 is 12.7 Å². The minimum Gasteiger partial charge on any atom is -0.478 e. The highest BCUT2D eigenvalue weighted by Gasteiger charge is 2.45. The van der Waals surface area contributed by atoms with E-state index in [1.54, 1.807) is 11.6 Å². The van der Waals surface area contributed by atoms with Gasteiger partial charge in [-0.3, -0.25) is 4.68 Å². The number of aromatic nitrogens is 2. The van der Waals surface area contributed by atoms with Crippen LogP contribution in [-0.2, 0) is 11.1 Å². The molecular formula is C11H12BN3O3. The maximum atomic E-state index is 11.3. The number of aromatic carboxylic acids is 1. The van der Waals surface area contributed by atoms with E-state index in [4.69, 9.17) is 4.74 Å². The van der Waals surface area contributed by atoms with Crippen LogP contribution in [-0.4, -0.2) is 40.8 Å². The van der Waals surface area contributed by atoms with Crippen molar-refractivity contribution in [3.8, 4) is 5.97 Å². The van der Waals surface area contributed by atoms with Gasteiger partial charge in [-0.05, 0) is 13.2 Å². The highest BCUT2D eigenvalue weighted by Crippen LogP contribution is 2.40. The number of ether oxygens (including phenoxy) is 1. The van der Waals surface area contributed by atoms with E-state index in [1.807, 2.05) is 0 Å². The van der Waals surface area contributed by atoms with Crippen LogP contribution in [0.1, 0.15) is 27.8 Å². The topological polar surface area (TPSA) is 88.1 Å². The lowest BCUT2D eigenvalue weighted by Gasteiger charge is -2.27. The van der Waals surface area contributed by atoms with Crippen LogP contribution >= 0.6 is 0 Å². The summed E-state index contributed by atoms with van der Waals surface area (Å²) in [6.45, 7) is 2.58. The molecule has 7 heteroatoms. The van der Waals surface area contributed by atoms with Crippen molar-refractivity contribution in [3.05, 3.63) is 17.0 Å². The molecule has 2 unspecified atom stereocenters. The lowest BCUT2D eigenvalue weighted by molar-refractivity contribution is 0.0695. The molecule has 6 nitrogen and oxygen atoms in total. The van der Waals surface area contributed by atoms with Crippen LogP contribution in [0.25, 0.3) is 0 Å². The van der Waals surface area contributed by atoms with Crippen molar-refractivity contribution < 1.29 is 14.6 Å². The molecule has 2 aliphatic heterocycles. The van der Waals surface area contributed by atoms with E-state index in [0.717, 1.165) is 0 Å². The molecule has 3 rings (SSSR count). The molecule has 0 spiro atoms. The number of carboxylic acid groups (broad SMARTS) is 1. The number of hydrogen-bond donors (Lipinski definition) is 1. The van der Waals surface area contributed by atoms with Gasteiger partial charge in [0.25, 0.3) is 6.71 Å². The Hall–Kier alpha value is -1.81. The number of nitriles is 1. The van der Waals surface area contributed by atoms with Gasteiger partial charge in [0.2, 0.25) is 0 Å². The molecule has 18 heavy (non-hydrogen) atoms. The summed E-state index contributed by atoms with van der Waals surface area (Å²) in [6.07, 6.45) is 0.448. The molecule has 0 radical (unpaired) electrons. The highest BCUT2D eigenvalue weighted by molar-refractivity contribution is 6.68. The minimum atomic E-state index is -0.970. The Labute approximate surface area is 104 Å². The molecule has 1 N–H and O–H groups in total. The number of fused-ring (bicyclic) bond motifs is 3. The fourth-order valence-electron chi connectivity index (χ4n) is 3.04. The molecule has 1 aromatic heterocycles. The lowest BCUT2D eigenvalue weighted by atomic mass is 9.37. The third kappa shape index (κ3) is 1.39. The molecule has 1 fully saturated rings. The second kappa shape index (κ2) is 3.85. The zero-order chi connectivity index (χ0) is 12.9. The van der Waals surface area contributed by atoms with Crippen molar-refractivity contribution in [1.82, 2.24) is 9.78 Å². The van der Waals surface area contributed by atoms with Gasteiger partial charge in [0, 0.05) is 24.1 Å². The van der Waals surface area contributed by atoms with Gasteiger partial charge in [-0.25, -0.2) is 10.1 Å². The lowest BCUT2D eigenvalue weighted by Crippen LogP contribution is -2.37. The van der Waals surface area contributed by atoms with Gasteiger partial charge in [0.15, 0.2) is 0 Å². The molecule has 0 bridgehead atoms. The monoisotopic (exact) mass is 245 g/mol. The third-order valence-corrected chi connectivity index (χ3v) is 3.90. The minimum absolute atomic E-state index is 0.00481. The molecule has 3 heterocycles. The molecule has 0 aliphatic carbocycles. The Bertz CT molecular complexity index is 563. The smallest absolute Gasteiger partial charge is 0.339 e. The van der Waals surface area contributed by atoms with Crippen LogP contribution in [0.3, 0.4) is 0 Å². The number of carbonyl (C=O) groups is 1. The zero-order valence-corrected chi connectivity index (χ0v) is 9.96. The Morgan fingerprint density at radius 1 is 1.67 bits per heavy atom. The normalized spacial score (nSPS) is 25.4. The van der Waals surface area contributed by atoms with E-state index < -0.39 is 5.97 Å². The van der Waals surface area contributed by atoms with Crippen LogP contribution < -0.4 is 0 Å². The summed E-state index contributed by atoms with van der Waals surface area (Å²) in [5.41, 5.74) is 1.43. The second-order valence-electron chi connectivity index (χ2n) is 4.87. The van der Waals surface area contributed by atoms with Crippen LogP contribution in [0.5, 0.6) is 0 Å². The van der Waals surface area contributed by atoms with E-state index in [0.29, 0.717) is 30.9 Å². The van der Waals surface area contributed by atoms with Gasteiger partial charge < -0.3 is 9.84 Å². The fraction of sp³-hybridized carbons (Fsp3) is 0.545. The number of hydrogen-bond acceptors (Lipinski definition) is 4. The molecular weight excluding hydrogens is 233 g/mol. The molecule has 2 atom stereocenters. The van der Waals surface area contributed by atoms with Crippen LogP contribution in [0.2, 0.25) is 5.82 Å². The van der Waals surface area contributed by atoms with E-state index >= 15 is 0 Å². The second-order valence-corrected chi connectivity index (χ2v) is 4.87. The van der Waals surface area contributed by atoms with Crippen molar-refractivity contribution in [3.63, 3.8) is 0 Å². The number of nitrogens with zero attached hydrogens (tertiary/aromatic N) is 3. The maximum absolute atomic E-state index is 11.3.